The Balaban J connectivity index is 1.93. The number of carbonyl (C=O) groups is 1. The first-order chi connectivity index (χ1) is 7.66. The van der Waals surface area contributed by atoms with Crippen LogP contribution in [-0.4, -0.2) is 28.5 Å². The van der Waals surface area contributed by atoms with E-state index in [0.717, 1.165) is 11.4 Å². The van der Waals surface area contributed by atoms with Gasteiger partial charge in [0.25, 0.3) is 0 Å². The number of nitrogens with one attached hydrogen (secondary N) is 3. The summed E-state index contributed by atoms with van der Waals surface area (Å²) in [6.07, 6.45) is 2.24. The Morgan fingerprint density at radius 3 is 3.31 bits per heavy atom. The van der Waals surface area contributed by atoms with Crippen molar-refractivity contribution in [2.75, 3.05) is 6.54 Å². The van der Waals surface area contributed by atoms with Gasteiger partial charge in [0.1, 0.15) is 0 Å². The van der Waals surface area contributed by atoms with Crippen molar-refractivity contribution in [2.45, 2.75) is 19.0 Å². The van der Waals surface area contributed by atoms with Crippen LogP contribution in [0.15, 0.2) is 17.9 Å². The molecule has 1 aromatic rings. The number of carbonyl (C=O) groups excluding carboxylic acids is 1. The zero-order valence-corrected chi connectivity index (χ0v) is 9.47. The van der Waals surface area contributed by atoms with E-state index in [2.05, 4.69) is 27.2 Å². The van der Waals surface area contributed by atoms with E-state index in [-0.39, 0.29) is 11.9 Å². The van der Waals surface area contributed by atoms with E-state index in [1.165, 1.54) is 0 Å². The highest BCUT2D eigenvalue weighted by atomic mass is 35.5. The number of aromatic nitrogens is 2. The van der Waals surface area contributed by atoms with Crippen molar-refractivity contribution in [3.8, 4) is 0 Å². The summed E-state index contributed by atoms with van der Waals surface area (Å²) >= 11 is 5.58. The molecule has 1 aromatic heterocycles. The molecule has 1 aliphatic rings. The minimum atomic E-state index is -0.244. The second-order valence-electron chi connectivity index (χ2n) is 3.70. The van der Waals surface area contributed by atoms with Crippen molar-refractivity contribution >= 4 is 17.5 Å². The lowest BCUT2D eigenvalue weighted by atomic mass is 10.0. The molecule has 1 unspecified atom stereocenters. The van der Waals surface area contributed by atoms with Gasteiger partial charge in [0, 0.05) is 18.0 Å². The molecule has 0 radical (unpaired) electrons. The molecule has 0 spiro atoms. The Labute approximate surface area is 98.3 Å². The van der Waals surface area contributed by atoms with Crippen LogP contribution < -0.4 is 10.6 Å². The van der Waals surface area contributed by atoms with Gasteiger partial charge >= 0.3 is 0 Å². The van der Waals surface area contributed by atoms with E-state index >= 15 is 0 Å². The monoisotopic (exact) mass is 240 g/mol. The van der Waals surface area contributed by atoms with Crippen LogP contribution in [0.3, 0.4) is 0 Å². The molecule has 2 rings (SSSR count). The molecule has 0 saturated carbocycles. The number of hydrogen-bond acceptors (Lipinski definition) is 3. The summed E-state index contributed by atoms with van der Waals surface area (Å²) in [5.74, 6) is -0.0737. The number of halogens is 1. The number of imidazole rings is 1. The fourth-order valence-electron chi connectivity index (χ4n) is 1.66. The predicted molar refractivity (Wildman–Crippen MR) is 60.9 cm³/mol. The number of aromatic amines is 1. The maximum absolute atomic E-state index is 11.7. The van der Waals surface area contributed by atoms with Crippen LogP contribution in [-0.2, 0) is 17.8 Å². The summed E-state index contributed by atoms with van der Waals surface area (Å²) in [6.45, 7) is 4.44. The maximum Gasteiger partial charge on any atom is 0.237 e. The van der Waals surface area contributed by atoms with Crippen LogP contribution >= 0.6 is 11.6 Å². The fourth-order valence-corrected chi connectivity index (χ4v) is 1.73. The lowest BCUT2D eigenvalue weighted by Gasteiger charge is -2.22. The molecule has 0 bridgehead atoms. The van der Waals surface area contributed by atoms with E-state index in [9.17, 15) is 4.79 Å². The second kappa shape index (κ2) is 4.67. The number of amides is 1. The average molecular weight is 241 g/mol. The van der Waals surface area contributed by atoms with E-state index < -0.39 is 0 Å². The quantitative estimate of drug-likeness (QED) is 0.712. The van der Waals surface area contributed by atoms with E-state index in [1.54, 1.807) is 6.33 Å². The van der Waals surface area contributed by atoms with E-state index in [1.807, 2.05) is 0 Å². The van der Waals surface area contributed by atoms with Crippen molar-refractivity contribution in [3.05, 3.63) is 29.3 Å². The molecule has 5 nitrogen and oxygen atoms in total. The highest BCUT2D eigenvalue weighted by molar-refractivity contribution is 6.29. The van der Waals surface area contributed by atoms with Crippen LogP contribution in [0.2, 0.25) is 0 Å². The molecular weight excluding hydrogens is 228 g/mol. The summed E-state index contributed by atoms with van der Waals surface area (Å²) in [5.41, 5.74) is 1.99. The van der Waals surface area contributed by atoms with Crippen molar-refractivity contribution in [2.24, 2.45) is 0 Å². The highest BCUT2D eigenvalue weighted by Crippen LogP contribution is 2.12. The van der Waals surface area contributed by atoms with Crippen LogP contribution in [0, 0.1) is 0 Å². The molecule has 0 aliphatic carbocycles. The van der Waals surface area contributed by atoms with Crippen LogP contribution in [0.4, 0.5) is 0 Å². The van der Waals surface area contributed by atoms with Gasteiger partial charge in [-0.3, -0.25) is 10.1 Å². The van der Waals surface area contributed by atoms with Gasteiger partial charge in [0.05, 0.1) is 30.3 Å². The van der Waals surface area contributed by atoms with Crippen LogP contribution in [0.5, 0.6) is 0 Å². The van der Waals surface area contributed by atoms with Crippen molar-refractivity contribution in [1.82, 2.24) is 20.6 Å². The van der Waals surface area contributed by atoms with E-state index in [4.69, 9.17) is 11.6 Å². The van der Waals surface area contributed by atoms with Crippen LogP contribution in [0.1, 0.15) is 11.4 Å². The normalized spacial score (nSPS) is 18.9. The number of nitrogens with zero attached hydrogens (tertiary/aromatic N) is 1. The first-order valence-electron chi connectivity index (χ1n) is 5.02. The van der Waals surface area contributed by atoms with Crippen molar-refractivity contribution in [3.63, 3.8) is 0 Å². The number of rotatable bonds is 3. The molecule has 0 aromatic carbocycles. The van der Waals surface area contributed by atoms with Gasteiger partial charge in [0.2, 0.25) is 5.91 Å². The molecule has 0 saturated heterocycles. The van der Waals surface area contributed by atoms with Gasteiger partial charge in [-0.25, -0.2) is 4.98 Å². The molecular formula is C10H13ClN4O. The Bertz CT molecular complexity index is 415. The van der Waals surface area contributed by atoms with Crippen LogP contribution in [0.25, 0.3) is 0 Å². The zero-order chi connectivity index (χ0) is 11.5. The van der Waals surface area contributed by atoms with Gasteiger partial charge in [0.15, 0.2) is 0 Å². The SMILES string of the molecule is C=C(Cl)CNC(=O)C1Cc2nc[nH]c2CN1. The predicted octanol–water partition coefficient (Wildman–Crippen LogP) is 0.293. The standard InChI is InChI=1S/C10H13ClN4O/c1-6(11)3-13-10(16)8-2-7-9(4-12-8)15-5-14-7/h5,8,12H,1-4H2,(H,13,16)(H,14,15). The lowest BCUT2D eigenvalue weighted by Crippen LogP contribution is -2.47. The molecule has 3 N–H and O–H groups in total. The smallest absolute Gasteiger partial charge is 0.237 e. The molecule has 0 fully saturated rings. The average Bonchev–Trinajstić information content (AvgIpc) is 2.72. The van der Waals surface area contributed by atoms with Gasteiger partial charge in [-0.05, 0) is 0 Å². The molecule has 2 heterocycles. The first-order valence-corrected chi connectivity index (χ1v) is 5.40. The first kappa shape index (κ1) is 11.2. The maximum atomic E-state index is 11.7. The van der Waals surface area contributed by atoms with Gasteiger partial charge in [-0.15, -0.1) is 0 Å². The molecule has 1 amide bonds. The number of hydrogen-bond donors (Lipinski definition) is 3. The topological polar surface area (TPSA) is 69.8 Å². The molecule has 86 valence electrons. The summed E-state index contributed by atoms with van der Waals surface area (Å²) in [5, 5.41) is 6.25. The Hall–Kier alpha value is -1.33. The van der Waals surface area contributed by atoms with E-state index in [0.29, 0.717) is 24.5 Å². The number of fused-ring (bicyclic) bond motifs is 1. The lowest BCUT2D eigenvalue weighted by molar-refractivity contribution is -0.123. The molecule has 16 heavy (non-hydrogen) atoms. The van der Waals surface area contributed by atoms with Gasteiger partial charge in [-0.1, -0.05) is 18.2 Å². The Morgan fingerprint density at radius 2 is 2.56 bits per heavy atom. The zero-order valence-electron chi connectivity index (χ0n) is 8.72. The Morgan fingerprint density at radius 1 is 1.75 bits per heavy atom. The molecule has 6 heteroatoms. The summed E-state index contributed by atoms with van der Waals surface area (Å²) in [4.78, 5) is 18.9. The fraction of sp³-hybridized carbons (Fsp3) is 0.400. The highest BCUT2D eigenvalue weighted by Gasteiger charge is 2.25. The third kappa shape index (κ3) is 2.43. The third-order valence-corrected chi connectivity index (χ3v) is 2.63. The molecule has 1 aliphatic heterocycles. The Kier molecular flexibility index (Phi) is 3.26. The van der Waals surface area contributed by atoms with Gasteiger partial charge in [-0.2, -0.15) is 0 Å². The van der Waals surface area contributed by atoms with Gasteiger partial charge < -0.3 is 10.3 Å². The summed E-state index contributed by atoms with van der Waals surface area (Å²) in [7, 11) is 0. The molecule has 1 atom stereocenters. The minimum Gasteiger partial charge on any atom is -0.350 e. The summed E-state index contributed by atoms with van der Waals surface area (Å²) < 4.78 is 0. The van der Waals surface area contributed by atoms with Crippen molar-refractivity contribution < 1.29 is 4.79 Å². The third-order valence-electron chi connectivity index (χ3n) is 2.50. The van der Waals surface area contributed by atoms with Crippen molar-refractivity contribution in [1.29, 1.82) is 0 Å². The number of H-pyrrole nitrogens is 1. The summed E-state index contributed by atoms with van der Waals surface area (Å²) in [6, 6.07) is -0.244. The largest absolute Gasteiger partial charge is 0.350 e. The minimum absolute atomic E-state index is 0.0737. The second-order valence-corrected chi connectivity index (χ2v) is 4.23.